The van der Waals surface area contributed by atoms with Crippen molar-refractivity contribution in [2.75, 3.05) is 19.8 Å². The summed E-state index contributed by atoms with van der Waals surface area (Å²) in [6.45, 7) is 1.40. The van der Waals surface area contributed by atoms with E-state index in [1.807, 2.05) is 0 Å². The molecule has 1 N–H and O–H groups in total. The molecule has 0 amide bonds. The number of epoxide rings is 1. The van der Waals surface area contributed by atoms with E-state index >= 15 is 0 Å². The van der Waals surface area contributed by atoms with Crippen LogP contribution in [0.1, 0.15) is 12.8 Å². The minimum atomic E-state index is -0.276. The van der Waals surface area contributed by atoms with Gasteiger partial charge >= 0.3 is 0 Å². The molecular formula is C13H17FO3. The van der Waals surface area contributed by atoms with Crippen molar-refractivity contribution < 1.29 is 19.0 Å². The van der Waals surface area contributed by atoms with Gasteiger partial charge in [0, 0.05) is 12.5 Å². The van der Waals surface area contributed by atoms with E-state index in [-0.39, 0.29) is 18.3 Å². The largest absolute Gasteiger partial charge is 0.493 e. The van der Waals surface area contributed by atoms with Crippen molar-refractivity contribution in [2.24, 2.45) is 5.92 Å². The summed E-state index contributed by atoms with van der Waals surface area (Å²) in [7, 11) is 0. The Kier molecular flexibility index (Phi) is 4.34. The minimum absolute atomic E-state index is 0.105. The maximum Gasteiger partial charge on any atom is 0.123 e. The van der Waals surface area contributed by atoms with Crippen LogP contribution in [0.15, 0.2) is 24.3 Å². The Morgan fingerprint density at radius 2 is 2.12 bits per heavy atom. The summed E-state index contributed by atoms with van der Waals surface area (Å²) in [4.78, 5) is 0. The van der Waals surface area contributed by atoms with Crippen LogP contribution in [0.4, 0.5) is 4.39 Å². The van der Waals surface area contributed by atoms with Gasteiger partial charge in [-0.05, 0) is 37.1 Å². The van der Waals surface area contributed by atoms with Crippen LogP contribution < -0.4 is 4.74 Å². The van der Waals surface area contributed by atoms with E-state index in [2.05, 4.69) is 0 Å². The summed E-state index contributed by atoms with van der Waals surface area (Å²) in [5, 5.41) is 9.20. The lowest BCUT2D eigenvalue weighted by atomic mass is 10.0. The third-order valence-corrected chi connectivity index (χ3v) is 2.86. The molecule has 1 aromatic carbocycles. The molecule has 3 nitrogen and oxygen atoms in total. The average molecular weight is 240 g/mol. The van der Waals surface area contributed by atoms with Crippen LogP contribution in [-0.2, 0) is 4.74 Å². The summed E-state index contributed by atoms with van der Waals surface area (Å²) in [5.74, 6) is 0.471. The highest BCUT2D eigenvalue weighted by Gasteiger charge is 2.23. The van der Waals surface area contributed by atoms with Crippen LogP contribution in [0.5, 0.6) is 5.75 Å². The maximum atomic E-state index is 12.7. The monoisotopic (exact) mass is 240 g/mol. The molecule has 0 bridgehead atoms. The SMILES string of the molecule is OC[C@H](CC[C@@H]1CO1)COc1ccc(F)cc1. The van der Waals surface area contributed by atoms with Crippen LogP contribution in [-0.4, -0.2) is 31.0 Å². The quantitative estimate of drug-likeness (QED) is 0.741. The predicted molar refractivity (Wildman–Crippen MR) is 61.4 cm³/mol. The second kappa shape index (κ2) is 5.98. The first-order chi connectivity index (χ1) is 8.28. The Labute approximate surface area is 100 Å². The highest BCUT2D eigenvalue weighted by molar-refractivity contribution is 5.21. The van der Waals surface area contributed by atoms with Crippen molar-refractivity contribution in [3.8, 4) is 5.75 Å². The topological polar surface area (TPSA) is 42.0 Å². The summed E-state index contributed by atoms with van der Waals surface area (Å²) < 4.78 is 23.3. The first-order valence-electron chi connectivity index (χ1n) is 5.88. The zero-order chi connectivity index (χ0) is 12.1. The van der Waals surface area contributed by atoms with E-state index in [1.54, 1.807) is 12.1 Å². The third kappa shape index (κ3) is 4.32. The standard InChI is InChI=1S/C13H17FO3/c14-11-2-5-12(6-3-11)16-8-10(7-15)1-4-13-9-17-13/h2-3,5-6,10,13,15H,1,4,7-9H2/t10-,13+/m0/s1. The molecule has 0 aliphatic carbocycles. The molecule has 94 valence electrons. The molecule has 0 radical (unpaired) electrons. The summed E-state index contributed by atoms with van der Waals surface area (Å²) in [6, 6.07) is 5.91. The van der Waals surface area contributed by atoms with E-state index in [0.717, 1.165) is 19.4 Å². The highest BCUT2D eigenvalue weighted by Crippen LogP contribution is 2.20. The number of aliphatic hydroxyl groups excluding tert-OH is 1. The molecule has 2 atom stereocenters. The van der Waals surface area contributed by atoms with E-state index < -0.39 is 0 Å². The molecule has 0 spiro atoms. The van der Waals surface area contributed by atoms with E-state index in [0.29, 0.717) is 18.5 Å². The Bertz CT molecular complexity index is 335. The van der Waals surface area contributed by atoms with Gasteiger partial charge in [-0.2, -0.15) is 0 Å². The Hall–Kier alpha value is -1.13. The van der Waals surface area contributed by atoms with Crippen molar-refractivity contribution >= 4 is 0 Å². The van der Waals surface area contributed by atoms with Gasteiger partial charge in [0.25, 0.3) is 0 Å². The number of rotatable bonds is 7. The molecule has 2 rings (SSSR count). The van der Waals surface area contributed by atoms with Gasteiger partial charge in [-0.15, -0.1) is 0 Å². The lowest BCUT2D eigenvalue weighted by Gasteiger charge is -2.14. The molecule has 1 fully saturated rings. The number of halogens is 1. The first-order valence-corrected chi connectivity index (χ1v) is 5.88. The zero-order valence-corrected chi connectivity index (χ0v) is 9.64. The van der Waals surface area contributed by atoms with Gasteiger partial charge in [0.05, 0.1) is 19.3 Å². The smallest absolute Gasteiger partial charge is 0.123 e. The van der Waals surface area contributed by atoms with Gasteiger partial charge in [-0.3, -0.25) is 0 Å². The van der Waals surface area contributed by atoms with Crippen LogP contribution in [0.25, 0.3) is 0 Å². The van der Waals surface area contributed by atoms with E-state index in [1.165, 1.54) is 12.1 Å². The number of ether oxygens (including phenoxy) is 2. The Balaban J connectivity index is 1.72. The lowest BCUT2D eigenvalue weighted by molar-refractivity contribution is 0.151. The summed E-state index contributed by atoms with van der Waals surface area (Å²) in [6.07, 6.45) is 2.25. The molecule has 0 aromatic heterocycles. The molecule has 1 aromatic rings. The lowest BCUT2D eigenvalue weighted by Crippen LogP contribution is -2.16. The molecule has 17 heavy (non-hydrogen) atoms. The van der Waals surface area contributed by atoms with Gasteiger partial charge < -0.3 is 14.6 Å². The van der Waals surface area contributed by atoms with Crippen LogP contribution in [0.3, 0.4) is 0 Å². The molecule has 0 saturated carbocycles. The van der Waals surface area contributed by atoms with E-state index in [9.17, 15) is 9.50 Å². The Morgan fingerprint density at radius 3 is 2.71 bits per heavy atom. The summed E-state index contributed by atoms with van der Waals surface area (Å²) in [5.41, 5.74) is 0. The Morgan fingerprint density at radius 1 is 1.41 bits per heavy atom. The van der Waals surface area contributed by atoms with Gasteiger partial charge in [0.1, 0.15) is 11.6 Å². The number of hydrogen-bond acceptors (Lipinski definition) is 3. The van der Waals surface area contributed by atoms with Gasteiger partial charge in [0.15, 0.2) is 0 Å². The molecule has 0 unspecified atom stereocenters. The second-order valence-electron chi connectivity index (χ2n) is 4.35. The fourth-order valence-corrected chi connectivity index (χ4v) is 1.63. The highest BCUT2D eigenvalue weighted by atomic mass is 19.1. The molecule has 1 aliphatic heterocycles. The average Bonchev–Trinajstić information content (AvgIpc) is 3.15. The number of aliphatic hydroxyl groups is 1. The molecule has 1 aliphatic rings. The molecular weight excluding hydrogens is 223 g/mol. The molecule has 4 heteroatoms. The predicted octanol–water partition coefficient (Wildman–Crippen LogP) is 1.99. The zero-order valence-electron chi connectivity index (χ0n) is 9.64. The summed E-state index contributed by atoms with van der Waals surface area (Å²) >= 11 is 0. The fraction of sp³-hybridized carbons (Fsp3) is 0.538. The van der Waals surface area contributed by atoms with Crippen LogP contribution in [0.2, 0.25) is 0 Å². The van der Waals surface area contributed by atoms with Crippen molar-refractivity contribution in [1.82, 2.24) is 0 Å². The molecule has 1 heterocycles. The number of hydrogen-bond donors (Lipinski definition) is 1. The second-order valence-corrected chi connectivity index (χ2v) is 4.35. The first kappa shape index (κ1) is 12.3. The van der Waals surface area contributed by atoms with Gasteiger partial charge in [-0.1, -0.05) is 0 Å². The van der Waals surface area contributed by atoms with Crippen molar-refractivity contribution in [2.45, 2.75) is 18.9 Å². The third-order valence-electron chi connectivity index (χ3n) is 2.86. The van der Waals surface area contributed by atoms with Gasteiger partial charge in [0.2, 0.25) is 0 Å². The van der Waals surface area contributed by atoms with Crippen molar-refractivity contribution in [1.29, 1.82) is 0 Å². The van der Waals surface area contributed by atoms with Crippen LogP contribution >= 0.6 is 0 Å². The molecule has 1 saturated heterocycles. The van der Waals surface area contributed by atoms with E-state index in [4.69, 9.17) is 9.47 Å². The minimum Gasteiger partial charge on any atom is -0.493 e. The maximum absolute atomic E-state index is 12.7. The van der Waals surface area contributed by atoms with Crippen LogP contribution in [0, 0.1) is 11.7 Å². The number of benzene rings is 1. The van der Waals surface area contributed by atoms with Crippen molar-refractivity contribution in [3.05, 3.63) is 30.1 Å². The fourth-order valence-electron chi connectivity index (χ4n) is 1.63. The van der Waals surface area contributed by atoms with Gasteiger partial charge in [-0.25, -0.2) is 4.39 Å². The van der Waals surface area contributed by atoms with Crippen molar-refractivity contribution in [3.63, 3.8) is 0 Å². The normalized spacial score (nSPS) is 20.0.